The molecule has 0 bridgehead atoms. The molecule has 1 atom stereocenters. The van der Waals surface area contributed by atoms with Gasteiger partial charge in [-0.1, -0.05) is 13.8 Å². The van der Waals surface area contributed by atoms with Gasteiger partial charge in [0.25, 0.3) is 0 Å². The molecule has 1 N–H and O–H groups in total. The van der Waals surface area contributed by atoms with Gasteiger partial charge < -0.3 is 14.6 Å². The highest BCUT2D eigenvalue weighted by atomic mass is 16.3. The lowest BCUT2D eigenvalue weighted by Crippen LogP contribution is -2.50. The minimum Gasteiger partial charge on any atom is -0.465 e. The maximum atomic E-state index is 5.91. The van der Waals surface area contributed by atoms with Crippen LogP contribution in [0.15, 0.2) is 10.5 Å². The van der Waals surface area contributed by atoms with E-state index in [2.05, 4.69) is 49.0 Å². The summed E-state index contributed by atoms with van der Waals surface area (Å²) in [6.45, 7) is 12.8. The van der Waals surface area contributed by atoms with E-state index in [0.717, 1.165) is 50.8 Å². The molecule has 1 aromatic rings. The van der Waals surface area contributed by atoms with Crippen LogP contribution in [-0.2, 0) is 13.1 Å². The summed E-state index contributed by atoms with van der Waals surface area (Å²) in [5, 5.41) is 3.36. The molecule has 4 heteroatoms. The second-order valence-electron chi connectivity index (χ2n) is 5.85. The fraction of sp³-hybridized carbons (Fsp3) is 0.750. The second-order valence-corrected chi connectivity index (χ2v) is 5.85. The number of hydrogen-bond acceptors (Lipinski definition) is 4. The standard InChI is InChI=1S/C16H29N3O/c1-5-15-11-19(8-7-18(15)4)12-16-9-14(10-17-6-2)13(3)20-16/h9,15,17H,5-8,10-12H2,1-4H3. The van der Waals surface area contributed by atoms with E-state index in [-0.39, 0.29) is 0 Å². The number of nitrogens with one attached hydrogen (secondary N) is 1. The summed E-state index contributed by atoms with van der Waals surface area (Å²) >= 11 is 0. The van der Waals surface area contributed by atoms with Gasteiger partial charge in [-0.05, 0) is 33.0 Å². The van der Waals surface area contributed by atoms with E-state index < -0.39 is 0 Å². The van der Waals surface area contributed by atoms with Crippen molar-refractivity contribution in [1.29, 1.82) is 0 Å². The van der Waals surface area contributed by atoms with Crippen molar-refractivity contribution in [3.63, 3.8) is 0 Å². The monoisotopic (exact) mass is 279 g/mol. The first-order valence-corrected chi connectivity index (χ1v) is 7.85. The van der Waals surface area contributed by atoms with Gasteiger partial charge in [0.05, 0.1) is 6.54 Å². The molecule has 1 saturated heterocycles. The Hall–Kier alpha value is -0.840. The number of hydrogen-bond donors (Lipinski definition) is 1. The number of likely N-dealkylation sites (N-methyl/N-ethyl adjacent to an activating group) is 1. The highest BCUT2D eigenvalue weighted by Gasteiger charge is 2.23. The number of nitrogens with zero attached hydrogens (tertiary/aromatic N) is 2. The van der Waals surface area contributed by atoms with Crippen LogP contribution in [0.2, 0.25) is 0 Å². The van der Waals surface area contributed by atoms with Crippen molar-refractivity contribution in [3.05, 3.63) is 23.2 Å². The molecule has 2 rings (SSSR count). The molecule has 114 valence electrons. The van der Waals surface area contributed by atoms with Gasteiger partial charge >= 0.3 is 0 Å². The molecule has 0 radical (unpaired) electrons. The Morgan fingerprint density at radius 2 is 2.15 bits per heavy atom. The molecule has 0 amide bonds. The zero-order valence-corrected chi connectivity index (χ0v) is 13.4. The first-order chi connectivity index (χ1) is 9.63. The molecular formula is C16H29N3O. The summed E-state index contributed by atoms with van der Waals surface area (Å²) < 4.78 is 5.91. The average molecular weight is 279 g/mol. The predicted molar refractivity (Wildman–Crippen MR) is 82.8 cm³/mol. The van der Waals surface area contributed by atoms with E-state index in [0.29, 0.717) is 6.04 Å². The van der Waals surface area contributed by atoms with Gasteiger partial charge in [-0.15, -0.1) is 0 Å². The highest BCUT2D eigenvalue weighted by Crippen LogP contribution is 2.18. The van der Waals surface area contributed by atoms with Crippen LogP contribution >= 0.6 is 0 Å². The fourth-order valence-electron chi connectivity index (χ4n) is 2.92. The van der Waals surface area contributed by atoms with Gasteiger partial charge in [0.15, 0.2) is 0 Å². The Kier molecular flexibility index (Phi) is 5.64. The molecule has 0 spiro atoms. The summed E-state index contributed by atoms with van der Waals surface area (Å²) in [5.74, 6) is 2.16. The summed E-state index contributed by atoms with van der Waals surface area (Å²) in [5.41, 5.74) is 1.29. The van der Waals surface area contributed by atoms with E-state index in [4.69, 9.17) is 4.42 Å². The second kappa shape index (κ2) is 7.25. The molecule has 20 heavy (non-hydrogen) atoms. The van der Waals surface area contributed by atoms with Crippen LogP contribution < -0.4 is 5.32 Å². The molecule has 2 heterocycles. The largest absolute Gasteiger partial charge is 0.465 e. The van der Waals surface area contributed by atoms with Crippen LogP contribution in [0.3, 0.4) is 0 Å². The smallest absolute Gasteiger partial charge is 0.118 e. The Morgan fingerprint density at radius 3 is 2.85 bits per heavy atom. The number of furan rings is 1. The number of aryl methyl sites for hydroxylation is 1. The van der Waals surface area contributed by atoms with Gasteiger partial charge in [0.1, 0.15) is 11.5 Å². The van der Waals surface area contributed by atoms with Gasteiger partial charge in [-0.2, -0.15) is 0 Å². The fourth-order valence-corrected chi connectivity index (χ4v) is 2.92. The molecule has 1 aliphatic heterocycles. The van der Waals surface area contributed by atoms with Crippen molar-refractivity contribution >= 4 is 0 Å². The van der Waals surface area contributed by atoms with E-state index in [9.17, 15) is 0 Å². The summed E-state index contributed by atoms with van der Waals surface area (Å²) in [7, 11) is 2.23. The molecule has 1 aromatic heterocycles. The first-order valence-electron chi connectivity index (χ1n) is 7.85. The predicted octanol–water partition coefficient (Wildman–Crippen LogP) is 2.22. The Balaban J connectivity index is 1.93. The van der Waals surface area contributed by atoms with Crippen molar-refractivity contribution in [1.82, 2.24) is 15.1 Å². The third-order valence-electron chi connectivity index (χ3n) is 4.35. The van der Waals surface area contributed by atoms with Crippen molar-refractivity contribution < 1.29 is 4.42 Å². The Morgan fingerprint density at radius 1 is 1.35 bits per heavy atom. The van der Waals surface area contributed by atoms with E-state index >= 15 is 0 Å². The van der Waals surface area contributed by atoms with Crippen molar-refractivity contribution in [2.75, 3.05) is 33.2 Å². The van der Waals surface area contributed by atoms with Crippen molar-refractivity contribution in [2.45, 2.75) is 46.3 Å². The minimum absolute atomic E-state index is 0.682. The zero-order chi connectivity index (χ0) is 14.5. The SMILES string of the molecule is CCNCc1cc(CN2CCN(C)C(CC)C2)oc1C. The zero-order valence-electron chi connectivity index (χ0n) is 13.4. The Labute approximate surface area is 123 Å². The Bertz CT molecular complexity index is 416. The van der Waals surface area contributed by atoms with Gasteiger partial charge in [0.2, 0.25) is 0 Å². The van der Waals surface area contributed by atoms with Crippen molar-refractivity contribution in [2.24, 2.45) is 0 Å². The van der Waals surface area contributed by atoms with Gasteiger partial charge in [-0.3, -0.25) is 4.90 Å². The van der Waals surface area contributed by atoms with E-state index in [1.165, 1.54) is 12.0 Å². The molecule has 1 unspecified atom stereocenters. The lowest BCUT2D eigenvalue weighted by atomic mass is 10.1. The lowest BCUT2D eigenvalue weighted by Gasteiger charge is -2.38. The molecule has 1 fully saturated rings. The third-order valence-corrected chi connectivity index (χ3v) is 4.35. The third kappa shape index (κ3) is 3.84. The molecular weight excluding hydrogens is 250 g/mol. The summed E-state index contributed by atoms with van der Waals surface area (Å²) in [6.07, 6.45) is 1.22. The van der Waals surface area contributed by atoms with Crippen molar-refractivity contribution in [3.8, 4) is 0 Å². The minimum atomic E-state index is 0.682. The number of rotatable bonds is 6. The quantitative estimate of drug-likeness (QED) is 0.865. The summed E-state index contributed by atoms with van der Waals surface area (Å²) in [6, 6.07) is 2.90. The van der Waals surface area contributed by atoms with Crippen LogP contribution in [0.5, 0.6) is 0 Å². The maximum Gasteiger partial charge on any atom is 0.118 e. The van der Waals surface area contributed by atoms with E-state index in [1.807, 2.05) is 0 Å². The highest BCUT2D eigenvalue weighted by molar-refractivity contribution is 5.20. The number of piperazine rings is 1. The molecule has 0 saturated carbocycles. The molecule has 0 aromatic carbocycles. The maximum absolute atomic E-state index is 5.91. The van der Waals surface area contributed by atoms with Crippen LogP contribution in [-0.4, -0.2) is 49.1 Å². The van der Waals surface area contributed by atoms with Crippen LogP contribution in [0.1, 0.15) is 37.4 Å². The molecule has 4 nitrogen and oxygen atoms in total. The van der Waals surface area contributed by atoms with Gasteiger partial charge in [-0.25, -0.2) is 0 Å². The van der Waals surface area contributed by atoms with Crippen LogP contribution in [0.25, 0.3) is 0 Å². The molecule has 0 aliphatic carbocycles. The van der Waals surface area contributed by atoms with Crippen LogP contribution in [0.4, 0.5) is 0 Å². The lowest BCUT2D eigenvalue weighted by molar-refractivity contribution is 0.0834. The topological polar surface area (TPSA) is 31.6 Å². The first kappa shape index (κ1) is 15.5. The normalized spacial score (nSPS) is 21.5. The van der Waals surface area contributed by atoms with E-state index in [1.54, 1.807) is 0 Å². The molecule has 1 aliphatic rings. The average Bonchev–Trinajstić information content (AvgIpc) is 2.78. The van der Waals surface area contributed by atoms with Gasteiger partial charge in [0, 0.05) is 37.8 Å². The summed E-state index contributed by atoms with van der Waals surface area (Å²) in [4.78, 5) is 4.99. The van der Waals surface area contributed by atoms with Crippen LogP contribution in [0, 0.1) is 6.92 Å².